The first-order valence-corrected chi connectivity index (χ1v) is 9.94. The normalized spacial score (nSPS) is 16.0. The van der Waals surface area contributed by atoms with Crippen molar-refractivity contribution in [2.45, 2.75) is 6.92 Å². The summed E-state index contributed by atoms with van der Waals surface area (Å²) in [6.45, 7) is 4.43. The van der Waals surface area contributed by atoms with Gasteiger partial charge in [0.15, 0.2) is 6.61 Å². The van der Waals surface area contributed by atoms with Gasteiger partial charge in [-0.05, 0) is 36.4 Å². The maximum atomic E-state index is 12.5. The van der Waals surface area contributed by atoms with Gasteiger partial charge in [0.25, 0.3) is 5.91 Å². The number of fused-ring (bicyclic) bond motifs is 1. The Kier molecular flexibility index (Phi) is 5.56. The van der Waals surface area contributed by atoms with Crippen LogP contribution in [0.2, 0.25) is 0 Å². The van der Waals surface area contributed by atoms with Crippen LogP contribution >= 0.6 is 0 Å². The smallest absolute Gasteiger partial charge is 0.265 e. The first kappa shape index (κ1) is 19.8. The Hall–Kier alpha value is -3.55. The van der Waals surface area contributed by atoms with Gasteiger partial charge in [0, 0.05) is 44.5 Å². The SMILES string of the molecule is CC(=O)N1CCN(c2ccc(NC(=O)CN3C(=O)COc4ccccc43)cc2)CC1. The third-order valence-corrected chi connectivity index (χ3v) is 5.35. The summed E-state index contributed by atoms with van der Waals surface area (Å²) in [7, 11) is 0. The van der Waals surface area contributed by atoms with Crippen molar-refractivity contribution in [3.8, 4) is 5.75 Å². The molecule has 0 unspecified atom stereocenters. The van der Waals surface area contributed by atoms with E-state index in [2.05, 4.69) is 10.2 Å². The Morgan fingerprint density at radius 2 is 1.70 bits per heavy atom. The highest BCUT2D eigenvalue weighted by molar-refractivity contribution is 6.05. The van der Waals surface area contributed by atoms with Gasteiger partial charge >= 0.3 is 0 Å². The van der Waals surface area contributed by atoms with Crippen molar-refractivity contribution in [1.82, 2.24) is 4.90 Å². The number of para-hydroxylation sites is 2. The lowest BCUT2D eigenvalue weighted by atomic mass is 10.2. The van der Waals surface area contributed by atoms with Crippen LogP contribution < -0.4 is 19.9 Å². The van der Waals surface area contributed by atoms with Gasteiger partial charge in [-0.3, -0.25) is 19.3 Å². The summed E-state index contributed by atoms with van der Waals surface area (Å²) in [4.78, 5) is 41.7. The zero-order chi connectivity index (χ0) is 21.1. The predicted molar refractivity (Wildman–Crippen MR) is 114 cm³/mol. The molecule has 2 aromatic carbocycles. The lowest BCUT2D eigenvalue weighted by Crippen LogP contribution is -2.48. The molecule has 2 aliphatic rings. The Morgan fingerprint density at radius 1 is 1.00 bits per heavy atom. The highest BCUT2D eigenvalue weighted by atomic mass is 16.5. The van der Waals surface area contributed by atoms with Gasteiger partial charge < -0.3 is 19.9 Å². The van der Waals surface area contributed by atoms with Crippen molar-refractivity contribution in [2.75, 3.05) is 54.4 Å². The van der Waals surface area contributed by atoms with Crippen LogP contribution in [0.3, 0.4) is 0 Å². The maximum Gasteiger partial charge on any atom is 0.265 e. The van der Waals surface area contributed by atoms with Crippen molar-refractivity contribution >= 4 is 34.8 Å². The largest absolute Gasteiger partial charge is 0.482 e. The minimum absolute atomic E-state index is 0.0735. The second-order valence-corrected chi connectivity index (χ2v) is 7.32. The van der Waals surface area contributed by atoms with Crippen LogP contribution in [-0.2, 0) is 14.4 Å². The number of hydrogen-bond acceptors (Lipinski definition) is 5. The summed E-state index contributed by atoms with van der Waals surface area (Å²) < 4.78 is 5.41. The van der Waals surface area contributed by atoms with E-state index in [1.54, 1.807) is 25.1 Å². The molecule has 30 heavy (non-hydrogen) atoms. The molecule has 1 N–H and O–H groups in total. The number of anilines is 3. The van der Waals surface area contributed by atoms with Gasteiger partial charge in [-0.25, -0.2) is 0 Å². The molecule has 1 saturated heterocycles. The Morgan fingerprint density at radius 3 is 2.40 bits per heavy atom. The van der Waals surface area contributed by atoms with Crippen molar-refractivity contribution in [3.63, 3.8) is 0 Å². The fourth-order valence-corrected chi connectivity index (χ4v) is 3.71. The maximum absolute atomic E-state index is 12.5. The zero-order valence-electron chi connectivity index (χ0n) is 16.8. The van der Waals surface area contributed by atoms with Crippen molar-refractivity contribution in [2.24, 2.45) is 0 Å². The van der Waals surface area contributed by atoms with Crippen LogP contribution in [0.25, 0.3) is 0 Å². The second kappa shape index (κ2) is 8.44. The molecule has 2 aliphatic heterocycles. The molecule has 0 saturated carbocycles. The van der Waals surface area contributed by atoms with Gasteiger partial charge in [-0.15, -0.1) is 0 Å². The van der Waals surface area contributed by atoms with E-state index < -0.39 is 0 Å². The molecule has 0 aliphatic carbocycles. The van der Waals surface area contributed by atoms with E-state index >= 15 is 0 Å². The first-order valence-electron chi connectivity index (χ1n) is 9.94. The molecule has 3 amide bonds. The molecule has 156 valence electrons. The monoisotopic (exact) mass is 408 g/mol. The van der Waals surface area contributed by atoms with Crippen molar-refractivity contribution < 1.29 is 19.1 Å². The highest BCUT2D eigenvalue weighted by Gasteiger charge is 2.27. The number of rotatable bonds is 4. The summed E-state index contributed by atoms with van der Waals surface area (Å²) in [6, 6.07) is 14.8. The molecule has 0 atom stereocenters. The van der Waals surface area contributed by atoms with Crippen LogP contribution in [0.15, 0.2) is 48.5 Å². The minimum atomic E-state index is -0.275. The zero-order valence-corrected chi connectivity index (χ0v) is 16.8. The van der Waals surface area contributed by atoms with Crippen LogP contribution in [0.4, 0.5) is 17.1 Å². The molecule has 0 bridgehead atoms. The summed E-state index contributed by atoms with van der Waals surface area (Å²) in [5.74, 6) is 0.181. The number of hydrogen-bond donors (Lipinski definition) is 1. The van der Waals surface area contributed by atoms with Crippen LogP contribution in [0.5, 0.6) is 5.75 Å². The van der Waals surface area contributed by atoms with Gasteiger partial charge in [-0.2, -0.15) is 0 Å². The van der Waals surface area contributed by atoms with Gasteiger partial charge in [0.2, 0.25) is 11.8 Å². The van der Waals surface area contributed by atoms with E-state index in [0.29, 0.717) is 30.2 Å². The summed E-state index contributed by atoms with van der Waals surface area (Å²) in [5, 5.41) is 2.85. The van der Waals surface area contributed by atoms with Gasteiger partial charge in [-0.1, -0.05) is 12.1 Å². The molecule has 8 heteroatoms. The van der Waals surface area contributed by atoms with E-state index in [0.717, 1.165) is 18.8 Å². The second-order valence-electron chi connectivity index (χ2n) is 7.32. The number of nitrogens with zero attached hydrogens (tertiary/aromatic N) is 3. The number of nitrogens with one attached hydrogen (secondary N) is 1. The van der Waals surface area contributed by atoms with Crippen LogP contribution in [-0.4, -0.2) is 62.0 Å². The van der Waals surface area contributed by atoms with Gasteiger partial charge in [0.05, 0.1) is 5.69 Å². The number of carbonyl (C=O) groups is 3. The number of amides is 3. The fourth-order valence-electron chi connectivity index (χ4n) is 3.71. The van der Waals surface area contributed by atoms with E-state index in [-0.39, 0.29) is 30.9 Å². The number of carbonyl (C=O) groups excluding carboxylic acids is 3. The Balaban J connectivity index is 1.35. The van der Waals surface area contributed by atoms with E-state index in [9.17, 15) is 14.4 Å². The number of piperazine rings is 1. The molecule has 2 aromatic rings. The standard InChI is InChI=1S/C22H24N4O4/c1-16(27)24-10-12-25(13-11-24)18-8-6-17(7-9-18)23-21(28)14-26-19-4-2-3-5-20(19)30-15-22(26)29/h2-9H,10-15H2,1H3,(H,23,28). The van der Waals surface area contributed by atoms with E-state index in [1.807, 2.05) is 35.2 Å². The Labute approximate surface area is 175 Å². The lowest BCUT2D eigenvalue weighted by Gasteiger charge is -2.35. The van der Waals surface area contributed by atoms with E-state index in [1.165, 1.54) is 4.90 Å². The molecular formula is C22H24N4O4. The highest BCUT2D eigenvalue weighted by Crippen LogP contribution is 2.31. The third-order valence-electron chi connectivity index (χ3n) is 5.35. The number of benzene rings is 2. The topological polar surface area (TPSA) is 82.2 Å². The Bertz CT molecular complexity index is 952. The van der Waals surface area contributed by atoms with E-state index in [4.69, 9.17) is 4.74 Å². The summed E-state index contributed by atoms with van der Waals surface area (Å²) >= 11 is 0. The van der Waals surface area contributed by atoms with Gasteiger partial charge in [0.1, 0.15) is 12.3 Å². The fraction of sp³-hybridized carbons (Fsp3) is 0.318. The molecule has 8 nitrogen and oxygen atoms in total. The third kappa shape index (κ3) is 4.22. The molecule has 1 fully saturated rings. The lowest BCUT2D eigenvalue weighted by molar-refractivity contribution is -0.129. The molecule has 0 radical (unpaired) electrons. The molecule has 0 aromatic heterocycles. The van der Waals surface area contributed by atoms with Crippen molar-refractivity contribution in [1.29, 1.82) is 0 Å². The summed E-state index contributed by atoms with van der Waals surface area (Å²) in [5.41, 5.74) is 2.32. The predicted octanol–water partition coefficient (Wildman–Crippen LogP) is 1.72. The minimum Gasteiger partial charge on any atom is -0.482 e. The summed E-state index contributed by atoms with van der Waals surface area (Å²) in [6.07, 6.45) is 0. The van der Waals surface area contributed by atoms with Crippen LogP contribution in [0, 0.1) is 0 Å². The molecule has 2 heterocycles. The first-order chi connectivity index (χ1) is 14.5. The average molecular weight is 408 g/mol. The number of ether oxygens (including phenoxy) is 1. The molecular weight excluding hydrogens is 384 g/mol. The average Bonchev–Trinajstić information content (AvgIpc) is 2.76. The van der Waals surface area contributed by atoms with Crippen molar-refractivity contribution in [3.05, 3.63) is 48.5 Å². The molecule has 0 spiro atoms. The quantitative estimate of drug-likeness (QED) is 0.833. The molecule has 4 rings (SSSR count). The van der Waals surface area contributed by atoms with Crippen LogP contribution in [0.1, 0.15) is 6.92 Å².